The summed E-state index contributed by atoms with van der Waals surface area (Å²) in [5.74, 6) is -0.610. The molecule has 8 heteroatoms. The van der Waals surface area contributed by atoms with Gasteiger partial charge in [-0.3, -0.25) is 9.59 Å². The number of phenols is 1. The van der Waals surface area contributed by atoms with Crippen molar-refractivity contribution in [1.82, 2.24) is 10.3 Å². The molecule has 3 rings (SSSR count). The molecule has 0 saturated heterocycles. The third-order valence-electron chi connectivity index (χ3n) is 5.03. The Kier molecular flexibility index (Phi) is 6.31. The van der Waals surface area contributed by atoms with Gasteiger partial charge in [0.1, 0.15) is 23.1 Å². The fourth-order valence-electron chi connectivity index (χ4n) is 3.69. The Bertz CT molecular complexity index is 919. The molecule has 0 unspecified atom stereocenters. The lowest BCUT2D eigenvalue weighted by atomic mass is 9.85. The first-order valence-corrected chi connectivity index (χ1v) is 9.48. The van der Waals surface area contributed by atoms with Gasteiger partial charge >= 0.3 is 0 Å². The minimum Gasteiger partial charge on any atom is -0.508 e. The molecule has 2 atom stereocenters. The van der Waals surface area contributed by atoms with Crippen molar-refractivity contribution < 1.29 is 23.8 Å². The molecule has 0 aliphatic heterocycles. The highest BCUT2D eigenvalue weighted by atomic mass is 19.1. The van der Waals surface area contributed by atoms with Gasteiger partial charge in [-0.05, 0) is 37.5 Å². The van der Waals surface area contributed by atoms with E-state index in [1.165, 1.54) is 38.3 Å². The number of aromatic hydroxyl groups is 1. The largest absolute Gasteiger partial charge is 0.508 e. The number of carbonyl (C=O) groups is 2. The second kappa shape index (κ2) is 8.89. The van der Waals surface area contributed by atoms with Crippen molar-refractivity contribution in [2.24, 2.45) is 5.92 Å². The van der Waals surface area contributed by atoms with E-state index in [4.69, 9.17) is 4.74 Å². The van der Waals surface area contributed by atoms with Gasteiger partial charge in [-0.15, -0.1) is 0 Å². The summed E-state index contributed by atoms with van der Waals surface area (Å²) < 4.78 is 19.6. The number of pyridine rings is 1. The highest BCUT2D eigenvalue weighted by Gasteiger charge is 2.28. The average Bonchev–Trinajstić information content (AvgIpc) is 2.69. The Morgan fingerprint density at radius 1 is 1.24 bits per heavy atom. The topological polar surface area (TPSA) is 101 Å². The Hall–Kier alpha value is -3.16. The predicted octanol–water partition coefficient (Wildman–Crippen LogP) is 3.24. The van der Waals surface area contributed by atoms with Crippen molar-refractivity contribution in [3.8, 4) is 22.6 Å². The van der Waals surface area contributed by atoms with Crippen LogP contribution in [0, 0.1) is 11.7 Å². The summed E-state index contributed by atoms with van der Waals surface area (Å²) in [7, 11) is 1.43. The number of hydrogen-bond donors (Lipinski definition) is 3. The number of hydrogen-bond acceptors (Lipinski definition) is 5. The molecular weight excluding hydrogens is 377 g/mol. The van der Waals surface area contributed by atoms with E-state index in [-0.39, 0.29) is 40.9 Å². The van der Waals surface area contributed by atoms with Crippen LogP contribution >= 0.6 is 0 Å². The van der Waals surface area contributed by atoms with Gasteiger partial charge in [0.05, 0.1) is 13.3 Å². The summed E-state index contributed by atoms with van der Waals surface area (Å²) in [5, 5.41) is 15.2. The van der Waals surface area contributed by atoms with Crippen molar-refractivity contribution in [1.29, 1.82) is 0 Å². The summed E-state index contributed by atoms with van der Waals surface area (Å²) in [6.07, 6.45) is 4.02. The van der Waals surface area contributed by atoms with E-state index < -0.39 is 5.82 Å². The van der Waals surface area contributed by atoms with Crippen molar-refractivity contribution in [3.05, 3.63) is 36.3 Å². The van der Waals surface area contributed by atoms with Gasteiger partial charge in [0.2, 0.25) is 11.8 Å². The maximum absolute atomic E-state index is 14.4. The summed E-state index contributed by atoms with van der Waals surface area (Å²) in [5.41, 5.74) is 0.635. The monoisotopic (exact) mass is 401 g/mol. The first-order valence-electron chi connectivity index (χ1n) is 9.48. The maximum Gasteiger partial charge on any atom is 0.228 e. The number of nitrogens with one attached hydrogen (secondary N) is 2. The zero-order valence-electron chi connectivity index (χ0n) is 16.4. The van der Waals surface area contributed by atoms with Crippen LogP contribution in [0.25, 0.3) is 11.1 Å². The Morgan fingerprint density at radius 3 is 2.76 bits per heavy atom. The van der Waals surface area contributed by atoms with E-state index in [2.05, 4.69) is 15.6 Å². The zero-order chi connectivity index (χ0) is 21.0. The highest BCUT2D eigenvalue weighted by Crippen LogP contribution is 2.35. The third-order valence-corrected chi connectivity index (χ3v) is 5.03. The number of carbonyl (C=O) groups excluding carboxylic acids is 2. The van der Waals surface area contributed by atoms with E-state index in [0.29, 0.717) is 17.7 Å². The average molecular weight is 401 g/mol. The van der Waals surface area contributed by atoms with Crippen LogP contribution < -0.4 is 15.4 Å². The van der Waals surface area contributed by atoms with Gasteiger partial charge in [-0.25, -0.2) is 9.37 Å². The van der Waals surface area contributed by atoms with Crippen LogP contribution in [-0.2, 0) is 9.59 Å². The summed E-state index contributed by atoms with van der Waals surface area (Å²) >= 11 is 0. The number of aromatic nitrogens is 1. The minimum atomic E-state index is -0.574. The lowest BCUT2D eigenvalue weighted by Crippen LogP contribution is -2.40. The molecule has 0 spiro atoms. The molecule has 0 radical (unpaired) electrons. The standard InChI is InChI=1S/C21H24FN3O4/c1-12(26)24-14-5-3-4-13(8-14)21(28)25-20-10-17(18(22)11-23-20)16-7-6-15(27)9-19(16)29-2/h6-7,9-11,13-14,27H,3-5,8H2,1-2H3,(H,24,26)(H,23,25,28)/t13-,14+/m0/s1. The van der Waals surface area contributed by atoms with Crippen molar-refractivity contribution >= 4 is 17.6 Å². The van der Waals surface area contributed by atoms with Crippen LogP contribution in [0.3, 0.4) is 0 Å². The number of methoxy groups -OCH3 is 1. The van der Waals surface area contributed by atoms with Gasteiger partial charge in [0.25, 0.3) is 0 Å². The molecule has 1 fully saturated rings. The third kappa shape index (κ3) is 5.01. The Morgan fingerprint density at radius 2 is 2.03 bits per heavy atom. The predicted molar refractivity (Wildman–Crippen MR) is 106 cm³/mol. The quantitative estimate of drug-likeness (QED) is 0.714. The van der Waals surface area contributed by atoms with Crippen LogP contribution in [-0.4, -0.2) is 35.1 Å². The number of amides is 2. The number of rotatable bonds is 5. The molecule has 2 amide bonds. The van der Waals surface area contributed by atoms with Crippen LogP contribution in [0.1, 0.15) is 32.6 Å². The molecule has 2 aromatic rings. The van der Waals surface area contributed by atoms with Crippen molar-refractivity contribution in [3.63, 3.8) is 0 Å². The molecule has 1 aliphatic carbocycles. The molecule has 154 valence electrons. The number of phenolic OH excluding ortho intramolecular Hbond substituents is 1. The Labute approximate surface area is 168 Å². The summed E-state index contributed by atoms with van der Waals surface area (Å²) in [6, 6.07) is 5.78. The number of benzene rings is 1. The minimum absolute atomic E-state index is 0.000358. The van der Waals surface area contributed by atoms with Crippen LogP contribution in [0.2, 0.25) is 0 Å². The first kappa shape index (κ1) is 20.6. The molecule has 1 aromatic carbocycles. The molecule has 1 aliphatic rings. The van der Waals surface area contributed by atoms with E-state index in [0.717, 1.165) is 25.5 Å². The van der Waals surface area contributed by atoms with Crippen LogP contribution in [0.15, 0.2) is 30.5 Å². The molecule has 0 bridgehead atoms. The smallest absolute Gasteiger partial charge is 0.228 e. The maximum atomic E-state index is 14.4. The van der Waals surface area contributed by atoms with Crippen LogP contribution in [0.4, 0.5) is 10.2 Å². The van der Waals surface area contributed by atoms with Gasteiger partial charge in [-0.2, -0.15) is 0 Å². The van der Waals surface area contributed by atoms with Gasteiger partial charge in [0, 0.05) is 36.1 Å². The first-order chi connectivity index (χ1) is 13.9. The second-order valence-corrected chi connectivity index (χ2v) is 7.18. The summed E-state index contributed by atoms with van der Waals surface area (Å²) in [6.45, 7) is 1.46. The lowest BCUT2D eigenvalue weighted by molar-refractivity contribution is -0.123. The van der Waals surface area contributed by atoms with E-state index in [9.17, 15) is 19.1 Å². The molecule has 1 saturated carbocycles. The van der Waals surface area contributed by atoms with E-state index >= 15 is 0 Å². The molecule has 1 aromatic heterocycles. The molecular formula is C21H24FN3O4. The molecule has 3 N–H and O–H groups in total. The highest BCUT2D eigenvalue weighted by molar-refractivity contribution is 5.92. The van der Waals surface area contributed by atoms with E-state index in [1.54, 1.807) is 0 Å². The fourth-order valence-corrected chi connectivity index (χ4v) is 3.69. The SMILES string of the molecule is COc1cc(O)ccc1-c1cc(NC(=O)[C@H]2CCC[C@@H](NC(C)=O)C2)ncc1F. The summed E-state index contributed by atoms with van der Waals surface area (Å²) in [4.78, 5) is 27.9. The number of nitrogens with zero attached hydrogens (tertiary/aromatic N) is 1. The number of anilines is 1. The zero-order valence-corrected chi connectivity index (χ0v) is 16.4. The second-order valence-electron chi connectivity index (χ2n) is 7.18. The Balaban J connectivity index is 1.78. The van der Waals surface area contributed by atoms with E-state index in [1.807, 2.05) is 0 Å². The van der Waals surface area contributed by atoms with Gasteiger partial charge in [-0.1, -0.05) is 6.42 Å². The number of ether oxygens (including phenoxy) is 1. The molecule has 7 nitrogen and oxygen atoms in total. The molecule has 1 heterocycles. The van der Waals surface area contributed by atoms with Crippen molar-refractivity contribution in [2.45, 2.75) is 38.6 Å². The fraction of sp³-hybridized carbons (Fsp3) is 0.381. The lowest BCUT2D eigenvalue weighted by Gasteiger charge is -2.28. The van der Waals surface area contributed by atoms with Crippen molar-refractivity contribution in [2.75, 3.05) is 12.4 Å². The number of halogens is 1. The van der Waals surface area contributed by atoms with Crippen LogP contribution in [0.5, 0.6) is 11.5 Å². The normalized spacial score (nSPS) is 18.7. The van der Waals surface area contributed by atoms with Gasteiger partial charge < -0.3 is 20.5 Å². The molecule has 29 heavy (non-hydrogen) atoms. The van der Waals surface area contributed by atoms with Gasteiger partial charge in [0.15, 0.2) is 0 Å².